The number of rotatable bonds is 5. The average molecular weight is 302 g/mol. The molecule has 0 saturated heterocycles. The van der Waals surface area contributed by atoms with Gasteiger partial charge in [0.05, 0.1) is 12.0 Å². The minimum atomic E-state index is -2.60. The molecule has 1 aliphatic carbocycles. The summed E-state index contributed by atoms with van der Waals surface area (Å²) < 4.78 is 27.9. The van der Waals surface area contributed by atoms with Crippen LogP contribution < -0.4 is 0 Å². The first-order valence-corrected chi connectivity index (χ1v) is 7.15. The predicted molar refractivity (Wildman–Crippen MR) is 70.0 cm³/mol. The molecule has 0 bridgehead atoms. The van der Waals surface area contributed by atoms with Crippen LogP contribution in [0.2, 0.25) is 0 Å². The second kappa shape index (κ2) is 5.65. The first-order valence-electron chi connectivity index (χ1n) is 7.15. The number of carbonyl (C=O) groups is 1. The number of alkyl halides is 2. The first-order chi connectivity index (χ1) is 9.77. The number of tetrazole rings is 1. The Labute approximate surface area is 121 Å². The summed E-state index contributed by atoms with van der Waals surface area (Å²) in [6, 6.07) is 0. The second-order valence-electron chi connectivity index (χ2n) is 6.04. The molecule has 1 saturated carbocycles. The number of halogens is 2. The zero-order valence-electron chi connectivity index (χ0n) is 12.2. The van der Waals surface area contributed by atoms with E-state index < -0.39 is 17.3 Å². The highest BCUT2D eigenvalue weighted by Gasteiger charge is 2.38. The van der Waals surface area contributed by atoms with Gasteiger partial charge in [0.1, 0.15) is 0 Å². The van der Waals surface area contributed by atoms with E-state index in [9.17, 15) is 18.7 Å². The van der Waals surface area contributed by atoms with Gasteiger partial charge in [-0.25, -0.2) is 13.5 Å². The summed E-state index contributed by atoms with van der Waals surface area (Å²) in [5.74, 6) is -3.13. The van der Waals surface area contributed by atoms with Gasteiger partial charge in [0.15, 0.2) is 5.82 Å². The topological polar surface area (TPSA) is 80.9 Å². The van der Waals surface area contributed by atoms with Crippen LogP contribution in [0.25, 0.3) is 0 Å². The van der Waals surface area contributed by atoms with E-state index >= 15 is 0 Å². The summed E-state index contributed by atoms with van der Waals surface area (Å²) >= 11 is 0. The summed E-state index contributed by atoms with van der Waals surface area (Å²) in [5.41, 5.74) is -0.970. The molecule has 0 amide bonds. The summed E-state index contributed by atoms with van der Waals surface area (Å²) in [7, 11) is 0. The molecule has 6 nitrogen and oxygen atoms in total. The van der Waals surface area contributed by atoms with Crippen molar-refractivity contribution in [3.63, 3.8) is 0 Å². The van der Waals surface area contributed by atoms with Crippen molar-refractivity contribution in [1.29, 1.82) is 0 Å². The maximum Gasteiger partial charge on any atom is 0.311 e. The molecule has 2 rings (SSSR count). The Kier molecular flexibility index (Phi) is 4.25. The molecule has 1 aliphatic rings. The summed E-state index contributed by atoms with van der Waals surface area (Å²) in [6.45, 7) is 3.57. The molecule has 1 atom stereocenters. The summed E-state index contributed by atoms with van der Waals surface area (Å²) in [5, 5.41) is 20.7. The van der Waals surface area contributed by atoms with Crippen LogP contribution in [0, 0.1) is 5.41 Å². The van der Waals surface area contributed by atoms with Crippen molar-refractivity contribution in [2.45, 2.75) is 64.3 Å². The van der Waals surface area contributed by atoms with Crippen molar-refractivity contribution < 1.29 is 18.7 Å². The molecule has 1 fully saturated rings. The number of hydrogen-bond donors (Lipinski definition) is 1. The molecule has 1 aromatic rings. The van der Waals surface area contributed by atoms with Crippen molar-refractivity contribution in [3.05, 3.63) is 5.82 Å². The lowest BCUT2D eigenvalue weighted by Gasteiger charge is -2.28. The number of aromatic nitrogens is 4. The van der Waals surface area contributed by atoms with E-state index in [-0.39, 0.29) is 25.3 Å². The van der Waals surface area contributed by atoms with Crippen LogP contribution in [0.15, 0.2) is 0 Å². The molecule has 1 heterocycles. The quantitative estimate of drug-likeness (QED) is 0.903. The van der Waals surface area contributed by atoms with Gasteiger partial charge in [-0.1, -0.05) is 6.92 Å². The van der Waals surface area contributed by atoms with E-state index in [1.54, 1.807) is 13.8 Å². The Morgan fingerprint density at radius 2 is 2.10 bits per heavy atom. The normalized spacial score (nSPS) is 21.9. The van der Waals surface area contributed by atoms with Gasteiger partial charge in [-0.15, -0.1) is 5.10 Å². The minimum Gasteiger partial charge on any atom is -0.481 e. The zero-order valence-corrected chi connectivity index (χ0v) is 12.2. The fourth-order valence-electron chi connectivity index (χ4n) is 2.58. The van der Waals surface area contributed by atoms with Crippen LogP contribution in [0.1, 0.15) is 57.7 Å². The maximum absolute atomic E-state index is 13.2. The molecule has 1 N–H and O–H groups in total. The van der Waals surface area contributed by atoms with Crippen molar-refractivity contribution >= 4 is 5.97 Å². The molecule has 1 unspecified atom stereocenters. The van der Waals surface area contributed by atoms with Crippen molar-refractivity contribution in [2.75, 3.05) is 0 Å². The van der Waals surface area contributed by atoms with Crippen LogP contribution in [-0.2, 0) is 11.3 Å². The molecule has 118 valence electrons. The standard InChI is InChI=1S/C13H20F2N4O2/c1-3-12(2,11(20)21)8-19-10(16-17-18-19)9-4-6-13(14,15)7-5-9/h9H,3-8H2,1-2H3,(H,20,21). The Bertz CT molecular complexity index is 510. The molecule has 1 aromatic heterocycles. The van der Waals surface area contributed by atoms with Crippen molar-refractivity contribution in [2.24, 2.45) is 5.41 Å². The van der Waals surface area contributed by atoms with E-state index in [4.69, 9.17) is 0 Å². The molecular weight excluding hydrogens is 282 g/mol. The number of nitrogens with zero attached hydrogens (tertiary/aromatic N) is 4. The monoisotopic (exact) mass is 302 g/mol. The molecule has 0 aromatic carbocycles. The van der Waals surface area contributed by atoms with Gasteiger partial charge in [-0.2, -0.15) is 0 Å². The third-order valence-corrected chi connectivity index (χ3v) is 4.44. The number of aliphatic carboxylic acids is 1. The molecule has 0 radical (unpaired) electrons. The van der Waals surface area contributed by atoms with E-state index in [0.29, 0.717) is 25.1 Å². The fraction of sp³-hybridized carbons (Fsp3) is 0.846. The maximum atomic E-state index is 13.2. The van der Waals surface area contributed by atoms with E-state index in [1.165, 1.54) is 4.68 Å². The highest BCUT2D eigenvalue weighted by atomic mass is 19.3. The van der Waals surface area contributed by atoms with E-state index in [1.807, 2.05) is 0 Å². The first kappa shape index (κ1) is 15.8. The van der Waals surface area contributed by atoms with Gasteiger partial charge < -0.3 is 5.11 Å². The lowest BCUT2D eigenvalue weighted by Crippen LogP contribution is -2.34. The Balaban J connectivity index is 2.14. The highest BCUT2D eigenvalue weighted by molar-refractivity contribution is 5.73. The molecule has 21 heavy (non-hydrogen) atoms. The van der Waals surface area contributed by atoms with Gasteiger partial charge in [0, 0.05) is 18.8 Å². The number of carboxylic acids is 1. The summed E-state index contributed by atoms with van der Waals surface area (Å²) in [6.07, 6.45) is 0.736. The van der Waals surface area contributed by atoms with Gasteiger partial charge in [-0.3, -0.25) is 4.79 Å². The third-order valence-electron chi connectivity index (χ3n) is 4.44. The zero-order chi connectivity index (χ0) is 15.7. The molecule has 8 heteroatoms. The highest BCUT2D eigenvalue weighted by Crippen LogP contribution is 2.40. The average Bonchev–Trinajstić information content (AvgIpc) is 2.86. The van der Waals surface area contributed by atoms with Crippen LogP contribution in [0.3, 0.4) is 0 Å². The number of carboxylic acid groups (broad SMARTS) is 1. The molecule has 0 spiro atoms. The van der Waals surface area contributed by atoms with Gasteiger partial charge >= 0.3 is 5.97 Å². The Morgan fingerprint density at radius 1 is 1.48 bits per heavy atom. The third kappa shape index (κ3) is 3.36. The van der Waals surface area contributed by atoms with Gasteiger partial charge in [-0.05, 0) is 36.6 Å². The number of hydrogen-bond acceptors (Lipinski definition) is 4. The van der Waals surface area contributed by atoms with Crippen LogP contribution in [0.5, 0.6) is 0 Å². The molecular formula is C13H20F2N4O2. The lowest BCUT2D eigenvalue weighted by atomic mass is 9.85. The van der Waals surface area contributed by atoms with Crippen molar-refractivity contribution in [3.8, 4) is 0 Å². The SMILES string of the molecule is CCC(C)(Cn1nnnc1C1CCC(F)(F)CC1)C(=O)O. The largest absolute Gasteiger partial charge is 0.481 e. The summed E-state index contributed by atoms with van der Waals surface area (Å²) in [4.78, 5) is 11.4. The Morgan fingerprint density at radius 3 is 2.62 bits per heavy atom. The van der Waals surface area contributed by atoms with Gasteiger partial charge in [0.2, 0.25) is 5.92 Å². The molecule has 0 aliphatic heterocycles. The Hall–Kier alpha value is -1.60. The fourth-order valence-corrected chi connectivity index (χ4v) is 2.58. The smallest absolute Gasteiger partial charge is 0.311 e. The van der Waals surface area contributed by atoms with Gasteiger partial charge in [0.25, 0.3) is 0 Å². The van der Waals surface area contributed by atoms with Crippen LogP contribution >= 0.6 is 0 Å². The second-order valence-corrected chi connectivity index (χ2v) is 6.04. The van der Waals surface area contributed by atoms with E-state index in [2.05, 4.69) is 15.5 Å². The predicted octanol–water partition coefficient (Wildman–Crippen LogP) is 2.47. The minimum absolute atomic E-state index is 0.130. The van der Waals surface area contributed by atoms with Crippen LogP contribution in [0.4, 0.5) is 8.78 Å². The van der Waals surface area contributed by atoms with Crippen LogP contribution in [-0.4, -0.2) is 37.2 Å². The van der Waals surface area contributed by atoms with Crippen molar-refractivity contribution in [1.82, 2.24) is 20.2 Å². The van der Waals surface area contributed by atoms with E-state index in [0.717, 1.165) is 0 Å². The lowest BCUT2D eigenvalue weighted by molar-refractivity contribution is -0.149.